The van der Waals surface area contributed by atoms with Crippen molar-refractivity contribution in [1.82, 2.24) is 24.5 Å². The molecular weight excluding hydrogens is 288 g/mol. The second-order valence-corrected chi connectivity index (χ2v) is 5.13. The summed E-state index contributed by atoms with van der Waals surface area (Å²) in [7, 11) is 1.91. The molecule has 0 saturated heterocycles. The summed E-state index contributed by atoms with van der Waals surface area (Å²) in [5.74, 6) is 0.602. The molecule has 1 N–H and O–H groups in total. The van der Waals surface area contributed by atoms with Gasteiger partial charge in [-0.1, -0.05) is 23.7 Å². The quantitative estimate of drug-likeness (QED) is 0.786. The number of rotatable bonds is 5. The van der Waals surface area contributed by atoms with Crippen LogP contribution in [0.25, 0.3) is 0 Å². The fraction of sp³-hybridized carbons (Fsp3) is 0.214. The molecule has 108 valence electrons. The van der Waals surface area contributed by atoms with Crippen molar-refractivity contribution < 1.29 is 0 Å². The third-order valence-corrected chi connectivity index (χ3v) is 3.40. The molecule has 3 rings (SSSR count). The Balaban J connectivity index is 1.61. The maximum atomic E-state index is 5.87. The lowest BCUT2D eigenvalue weighted by molar-refractivity contribution is 0.683. The van der Waals surface area contributed by atoms with Crippen molar-refractivity contribution in [2.24, 2.45) is 7.05 Å². The van der Waals surface area contributed by atoms with E-state index < -0.39 is 0 Å². The highest BCUT2D eigenvalue weighted by atomic mass is 35.5. The van der Waals surface area contributed by atoms with E-state index in [1.807, 2.05) is 42.1 Å². The minimum atomic E-state index is 0.602. The average molecular weight is 303 g/mol. The zero-order chi connectivity index (χ0) is 14.7. The number of nitrogens with one attached hydrogen (secondary N) is 1. The van der Waals surface area contributed by atoms with Crippen LogP contribution >= 0.6 is 11.6 Å². The van der Waals surface area contributed by atoms with Crippen LogP contribution in [0.1, 0.15) is 11.3 Å². The molecule has 0 spiro atoms. The molecule has 0 bridgehead atoms. The van der Waals surface area contributed by atoms with E-state index in [1.165, 1.54) is 0 Å². The molecule has 0 aliphatic heterocycles. The van der Waals surface area contributed by atoms with Crippen molar-refractivity contribution in [3.63, 3.8) is 0 Å². The summed E-state index contributed by atoms with van der Waals surface area (Å²) in [6.45, 7) is 1.30. The minimum absolute atomic E-state index is 0.602. The van der Waals surface area contributed by atoms with Gasteiger partial charge in [0.2, 0.25) is 5.95 Å². The number of halogens is 1. The lowest BCUT2D eigenvalue weighted by atomic mass is 10.2. The summed E-state index contributed by atoms with van der Waals surface area (Å²) < 4.78 is 3.60. The maximum absolute atomic E-state index is 5.87. The molecule has 3 aromatic rings. The van der Waals surface area contributed by atoms with E-state index in [0.717, 1.165) is 16.3 Å². The third kappa shape index (κ3) is 3.41. The topological polar surface area (TPSA) is 60.6 Å². The van der Waals surface area contributed by atoms with Crippen molar-refractivity contribution in [3.05, 3.63) is 59.1 Å². The average Bonchev–Trinajstić information content (AvgIpc) is 3.08. The molecule has 2 heterocycles. The van der Waals surface area contributed by atoms with Crippen LogP contribution in [-0.2, 0) is 20.1 Å². The minimum Gasteiger partial charge on any atom is -0.347 e. The molecular formula is C14H15ClN6. The van der Waals surface area contributed by atoms with Gasteiger partial charge in [-0.05, 0) is 23.8 Å². The van der Waals surface area contributed by atoms with E-state index >= 15 is 0 Å². The Labute approximate surface area is 127 Å². The number of aryl methyl sites for hydroxylation is 1. The van der Waals surface area contributed by atoms with E-state index in [0.29, 0.717) is 19.0 Å². The predicted molar refractivity (Wildman–Crippen MR) is 81.1 cm³/mol. The van der Waals surface area contributed by atoms with Crippen LogP contribution in [0.4, 0.5) is 5.95 Å². The van der Waals surface area contributed by atoms with Gasteiger partial charge in [0.15, 0.2) is 0 Å². The van der Waals surface area contributed by atoms with Crippen LogP contribution in [0.5, 0.6) is 0 Å². The lowest BCUT2D eigenvalue weighted by Gasteiger charge is -2.03. The maximum Gasteiger partial charge on any atom is 0.242 e. The summed E-state index contributed by atoms with van der Waals surface area (Å²) in [6, 6.07) is 9.65. The first-order valence-electron chi connectivity index (χ1n) is 6.55. The number of hydrogen-bond acceptors (Lipinski definition) is 4. The van der Waals surface area contributed by atoms with Crippen LogP contribution in [-0.4, -0.2) is 24.5 Å². The Morgan fingerprint density at radius 3 is 2.71 bits per heavy atom. The molecule has 0 unspecified atom stereocenters. The summed E-state index contributed by atoms with van der Waals surface area (Å²) in [4.78, 5) is 4.24. The second kappa shape index (κ2) is 5.97. The third-order valence-electron chi connectivity index (χ3n) is 3.14. The van der Waals surface area contributed by atoms with E-state index in [1.54, 1.807) is 17.2 Å². The Hall–Kier alpha value is -2.34. The molecule has 0 aliphatic carbocycles. The van der Waals surface area contributed by atoms with Crippen molar-refractivity contribution >= 4 is 17.5 Å². The van der Waals surface area contributed by atoms with Gasteiger partial charge in [0.1, 0.15) is 6.33 Å². The largest absolute Gasteiger partial charge is 0.347 e. The standard InChI is InChI=1S/C14H15ClN6/c1-20-13(6-7-18-20)8-16-14-17-10-21(19-14)9-11-2-4-12(15)5-3-11/h2-7,10H,8-9H2,1H3,(H,16,19). The smallest absolute Gasteiger partial charge is 0.242 e. The molecule has 7 heteroatoms. The molecule has 0 saturated carbocycles. The highest BCUT2D eigenvalue weighted by Crippen LogP contribution is 2.11. The van der Waals surface area contributed by atoms with Gasteiger partial charge in [0.25, 0.3) is 0 Å². The van der Waals surface area contributed by atoms with Gasteiger partial charge in [-0.15, -0.1) is 5.10 Å². The van der Waals surface area contributed by atoms with Gasteiger partial charge < -0.3 is 5.32 Å². The van der Waals surface area contributed by atoms with Crippen molar-refractivity contribution in [2.45, 2.75) is 13.1 Å². The second-order valence-electron chi connectivity index (χ2n) is 4.69. The van der Waals surface area contributed by atoms with E-state index in [9.17, 15) is 0 Å². The van der Waals surface area contributed by atoms with Gasteiger partial charge >= 0.3 is 0 Å². The number of aromatic nitrogens is 5. The highest BCUT2D eigenvalue weighted by molar-refractivity contribution is 6.30. The summed E-state index contributed by atoms with van der Waals surface area (Å²) >= 11 is 5.87. The molecule has 0 atom stereocenters. The van der Waals surface area contributed by atoms with Crippen LogP contribution < -0.4 is 5.32 Å². The van der Waals surface area contributed by atoms with Crippen molar-refractivity contribution in [3.8, 4) is 0 Å². The van der Waals surface area contributed by atoms with Crippen LogP contribution in [0.15, 0.2) is 42.9 Å². The van der Waals surface area contributed by atoms with Gasteiger partial charge in [-0.25, -0.2) is 9.67 Å². The number of nitrogens with zero attached hydrogens (tertiary/aromatic N) is 5. The Bertz CT molecular complexity index is 715. The monoisotopic (exact) mass is 302 g/mol. The summed E-state index contributed by atoms with van der Waals surface area (Å²) in [5, 5.41) is 12.4. The van der Waals surface area contributed by atoms with Gasteiger partial charge in [0, 0.05) is 18.3 Å². The molecule has 21 heavy (non-hydrogen) atoms. The normalized spacial score (nSPS) is 10.8. The SMILES string of the molecule is Cn1nccc1CNc1ncn(Cc2ccc(Cl)cc2)n1. The molecule has 1 aromatic carbocycles. The van der Waals surface area contributed by atoms with E-state index in [2.05, 4.69) is 20.5 Å². The van der Waals surface area contributed by atoms with E-state index in [-0.39, 0.29) is 0 Å². The molecule has 0 fully saturated rings. The number of anilines is 1. The Morgan fingerprint density at radius 1 is 1.19 bits per heavy atom. The van der Waals surface area contributed by atoms with E-state index in [4.69, 9.17) is 11.6 Å². The van der Waals surface area contributed by atoms with Gasteiger partial charge in [0.05, 0.1) is 18.8 Å². The zero-order valence-electron chi connectivity index (χ0n) is 11.6. The molecule has 0 amide bonds. The number of hydrogen-bond donors (Lipinski definition) is 1. The van der Waals surface area contributed by atoms with Crippen LogP contribution in [0.3, 0.4) is 0 Å². The molecule has 0 aliphatic rings. The summed E-state index contributed by atoms with van der Waals surface area (Å²) in [5.41, 5.74) is 2.20. The predicted octanol–water partition coefficient (Wildman–Crippen LogP) is 2.33. The fourth-order valence-electron chi connectivity index (χ4n) is 1.97. The van der Waals surface area contributed by atoms with Gasteiger partial charge in [-0.3, -0.25) is 4.68 Å². The van der Waals surface area contributed by atoms with Crippen LogP contribution in [0.2, 0.25) is 5.02 Å². The molecule has 0 radical (unpaired) electrons. The van der Waals surface area contributed by atoms with Gasteiger partial charge in [-0.2, -0.15) is 5.10 Å². The Kier molecular flexibility index (Phi) is 3.87. The van der Waals surface area contributed by atoms with Crippen molar-refractivity contribution in [1.29, 1.82) is 0 Å². The van der Waals surface area contributed by atoms with Crippen LogP contribution in [0, 0.1) is 0 Å². The summed E-state index contributed by atoms with van der Waals surface area (Å²) in [6.07, 6.45) is 3.48. The first kappa shape index (κ1) is 13.6. The Morgan fingerprint density at radius 2 is 2.00 bits per heavy atom. The highest BCUT2D eigenvalue weighted by Gasteiger charge is 2.03. The first-order valence-corrected chi connectivity index (χ1v) is 6.93. The molecule has 2 aromatic heterocycles. The zero-order valence-corrected chi connectivity index (χ0v) is 12.3. The van der Waals surface area contributed by atoms with Crippen molar-refractivity contribution in [2.75, 3.05) is 5.32 Å². The first-order chi connectivity index (χ1) is 10.2. The molecule has 6 nitrogen and oxygen atoms in total. The lowest BCUT2D eigenvalue weighted by Crippen LogP contribution is -2.07. The number of benzene rings is 1. The fourth-order valence-corrected chi connectivity index (χ4v) is 2.10.